The highest BCUT2D eigenvalue weighted by atomic mass is 16.5. The lowest BCUT2D eigenvalue weighted by Gasteiger charge is -2.35. The van der Waals surface area contributed by atoms with Gasteiger partial charge in [-0.2, -0.15) is 0 Å². The average molecular weight is 380 g/mol. The summed E-state index contributed by atoms with van der Waals surface area (Å²) in [7, 11) is 2.87. The highest BCUT2D eigenvalue weighted by molar-refractivity contribution is 6.30. The maximum Gasteiger partial charge on any atom is 0.198 e. The summed E-state index contributed by atoms with van der Waals surface area (Å²) < 4.78 is 11.1. The zero-order valence-electron chi connectivity index (χ0n) is 15.9. The largest absolute Gasteiger partial charge is 0.496 e. The maximum absolute atomic E-state index is 13.3. The number of rotatable bonds is 3. The van der Waals surface area contributed by atoms with Gasteiger partial charge in [0, 0.05) is 28.7 Å². The zero-order chi connectivity index (χ0) is 20.2. The molecule has 2 aromatic carbocycles. The van der Waals surface area contributed by atoms with Crippen LogP contribution in [-0.2, 0) is 17.6 Å². The van der Waals surface area contributed by atoms with E-state index < -0.39 is 5.60 Å². The van der Waals surface area contributed by atoms with Gasteiger partial charge < -0.3 is 14.6 Å². The summed E-state index contributed by atoms with van der Waals surface area (Å²) in [6.45, 7) is 1.35. The Morgan fingerprint density at radius 2 is 1.46 bits per heavy atom. The standard InChI is InChI=1S/C22H20O6/c1-11(23)22(26)9-8-14-15(10-22)21(28-3)17-16(20(14)27-2)18(24)12-6-4-5-7-13(12)19(17)25/h4-7,26H,8-10H2,1-3H3/t22-/m1/s1. The Morgan fingerprint density at radius 3 is 1.93 bits per heavy atom. The van der Waals surface area contributed by atoms with Crippen LogP contribution in [0.1, 0.15) is 56.3 Å². The zero-order valence-corrected chi connectivity index (χ0v) is 15.9. The predicted molar refractivity (Wildman–Crippen MR) is 101 cm³/mol. The molecule has 6 heteroatoms. The van der Waals surface area contributed by atoms with Gasteiger partial charge in [-0.1, -0.05) is 24.3 Å². The minimum absolute atomic E-state index is 0.00754. The lowest BCUT2D eigenvalue weighted by molar-refractivity contribution is -0.136. The molecule has 0 spiro atoms. The second kappa shape index (κ2) is 6.27. The third-order valence-corrected chi connectivity index (χ3v) is 5.81. The second-order valence-corrected chi connectivity index (χ2v) is 7.24. The molecule has 0 radical (unpaired) electrons. The number of benzene rings is 2. The van der Waals surface area contributed by atoms with Gasteiger partial charge in [0.15, 0.2) is 17.3 Å². The number of carbonyl (C=O) groups excluding carboxylic acids is 3. The molecule has 0 saturated heterocycles. The molecule has 0 fully saturated rings. The quantitative estimate of drug-likeness (QED) is 0.750. The van der Waals surface area contributed by atoms with E-state index in [0.717, 1.165) is 0 Å². The topological polar surface area (TPSA) is 89.9 Å². The van der Waals surface area contributed by atoms with Gasteiger partial charge in [-0.3, -0.25) is 14.4 Å². The molecule has 0 aliphatic heterocycles. The van der Waals surface area contributed by atoms with Crippen molar-refractivity contribution >= 4 is 17.3 Å². The van der Waals surface area contributed by atoms with E-state index in [0.29, 0.717) is 34.4 Å². The van der Waals surface area contributed by atoms with Crippen LogP contribution in [0.2, 0.25) is 0 Å². The van der Waals surface area contributed by atoms with Crippen LogP contribution < -0.4 is 9.47 Å². The lowest BCUT2D eigenvalue weighted by atomic mass is 9.73. The number of aliphatic hydroxyl groups is 1. The highest BCUT2D eigenvalue weighted by Gasteiger charge is 2.44. The summed E-state index contributed by atoms with van der Waals surface area (Å²) in [5.74, 6) is -0.414. The van der Waals surface area contributed by atoms with Crippen molar-refractivity contribution < 1.29 is 29.0 Å². The Morgan fingerprint density at radius 1 is 0.964 bits per heavy atom. The molecule has 6 nitrogen and oxygen atoms in total. The Kier molecular flexibility index (Phi) is 4.12. The molecule has 0 bridgehead atoms. The van der Waals surface area contributed by atoms with E-state index in [1.807, 2.05) is 0 Å². The van der Waals surface area contributed by atoms with Crippen LogP contribution in [0.4, 0.5) is 0 Å². The Hall–Kier alpha value is -2.99. The summed E-state index contributed by atoms with van der Waals surface area (Å²) in [6, 6.07) is 6.64. The van der Waals surface area contributed by atoms with E-state index in [1.165, 1.54) is 21.1 Å². The van der Waals surface area contributed by atoms with Crippen LogP contribution in [0, 0.1) is 0 Å². The first kappa shape index (κ1) is 18.4. The van der Waals surface area contributed by atoms with Crippen LogP contribution in [0.3, 0.4) is 0 Å². The van der Waals surface area contributed by atoms with E-state index in [1.54, 1.807) is 24.3 Å². The number of ether oxygens (including phenoxy) is 2. The molecule has 144 valence electrons. The fraction of sp³-hybridized carbons (Fsp3) is 0.318. The monoisotopic (exact) mass is 380 g/mol. The summed E-state index contributed by atoms with van der Waals surface area (Å²) in [4.78, 5) is 38.5. The molecule has 0 aromatic heterocycles. The summed E-state index contributed by atoms with van der Waals surface area (Å²) in [5.41, 5.74) is 0.671. The molecule has 4 rings (SSSR count). The number of Topliss-reactive ketones (excluding diaryl/α,β-unsaturated/α-hetero) is 1. The van der Waals surface area contributed by atoms with Crippen molar-refractivity contribution in [3.63, 3.8) is 0 Å². The highest BCUT2D eigenvalue weighted by Crippen LogP contribution is 2.47. The minimum atomic E-state index is -1.53. The van der Waals surface area contributed by atoms with E-state index in [4.69, 9.17) is 9.47 Å². The minimum Gasteiger partial charge on any atom is -0.496 e. The first-order chi connectivity index (χ1) is 13.3. The second-order valence-electron chi connectivity index (χ2n) is 7.24. The SMILES string of the molecule is COc1c2c(c(OC)c3c1C(=O)c1ccccc1C3=O)C[C@@](O)(C(C)=O)CC2. The molecule has 2 aliphatic carbocycles. The van der Waals surface area contributed by atoms with Gasteiger partial charge in [0.05, 0.1) is 25.3 Å². The maximum atomic E-state index is 13.3. The first-order valence-corrected chi connectivity index (χ1v) is 9.05. The smallest absolute Gasteiger partial charge is 0.198 e. The number of carbonyl (C=O) groups is 3. The Balaban J connectivity index is 2.06. The summed E-state index contributed by atoms with van der Waals surface area (Å²) in [5, 5.41) is 10.8. The molecule has 28 heavy (non-hydrogen) atoms. The van der Waals surface area contributed by atoms with Crippen molar-refractivity contribution in [3.05, 3.63) is 57.6 Å². The van der Waals surface area contributed by atoms with Crippen molar-refractivity contribution in [2.75, 3.05) is 14.2 Å². The molecular formula is C22H20O6. The van der Waals surface area contributed by atoms with Gasteiger partial charge in [-0.25, -0.2) is 0 Å². The van der Waals surface area contributed by atoms with Crippen molar-refractivity contribution in [1.82, 2.24) is 0 Å². The normalized spacial score (nSPS) is 20.1. The van der Waals surface area contributed by atoms with Crippen molar-refractivity contribution in [2.24, 2.45) is 0 Å². The molecule has 0 saturated carbocycles. The Labute approximate surface area is 162 Å². The van der Waals surface area contributed by atoms with Gasteiger partial charge >= 0.3 is 0 Å². The summed E-state index contributed by atoms with van der Waals surface area (Å²) in [6.07, 6.45) is 0.557. The molecule has 0 amide bonds. The number of hydrogen-bond acceptors (Lipinski definition) is 6. The molecule has 1 atom stereocenters. The lowest BCUT2D eigenvalue weighted by Crippen LogP contribution is -2.43. The average Bonchev–Trinajstić information content (AvgIpc) is 2.70. The number of fused-ring (bicyclic) bond motifs is 3. The predicted octanol–water partition coefficient (Wildman–Crippen LogP) is 2.29. The Bertz CT molecular complexity index is 1050. The van der Waals surface area contributed by atoms with Gasteiger partial charge in [-0.05, 0) is 19.8 Å². The van der Waals surface area contributed by atoms with Crippen LogP contribution in [0.25, 0.3) is 0 Å². The molecule has 2 aliphatic rings. The first-order valence-electron chi connectivity index (χ1n) is 9.05. The van der Waals surface area contributed by atoms with Crippen LogP contribution >= 0.6 is 0 Å². The van der Waals surface area contributed by atoms with Crippen LogP contribution in [-0.4, -0.2) is 42.3 Å². The van der Waals surface area contributed by atoms with Crippen molar-refractivity contribution in [1.29, 1.82) is 0 Å². The summed E-state index contributed by atoms with van der Waals surface area (Å²) >= 11 is 0. The van der Waals surface area contributed by atoms with E-state index in [-0.39, 0.29) is 47.1 Å². The fourth-order valence-electron chi connectivity index (χ4n) is 4.30. The third kappa shape index (κ3) is 2.34. The van der Waals surface area contributed by atoms with Crippen LogP contribution in [0.5, 0.6) is 11.5 Å². The fourth-order valence-corrected chi connectivity index (χ4v) is 4.30. The van der Waals surface area contributed by atoms with E-state index >= 15 is 0 Å². The van der Waals surface area contributed by atoms with Gasteiger partial charge in [0.2, 0.25) is 0 Å². The number of ketones is 3. The third-order valence-electron chi connectivity index (χ3n) is 5.81. The van der Waals surface area contributed by atoms with Gasteiger partial charge in [0.25, 0.3) is 0 Å². The number of hydrogen-bond donors (Lipinski definition) is 1. The van der Waals surface area contributed by atoms with Gasteiger partial charge in [0.1, 0.15) is 17.1 Å². The number of methoxy groups -OCH3 is 2. The molecule has 0 heterocycles. The van der Waals surface area contributed by atoms with E-state index in [9.17, 15) is 19.5 Å². The molecule has 2 aromatic rings. The molecular weight excluding hydrogens is 360 g/mol. The molecule has 0 unspecified atom stereocenters. The molecule has 1 N–H and O–H groups in total. The van der Waals surface area contributed by atoms with Crippen molar-refractivity contribution in [2.45, 2.75) is 31.8 Å². The van der Waals surface area contributed by atoms with E-state index in [2.05, 4.69) is 0 Å². The van der Waals surface area contributed by atoms with Gasteiger partial charge in [-0.15, -0.1) is 0 Å². The van der Waals surface area contributed by atoms with Crippen LogP contribution in [0.15, 0.2) is 24.3 Å². The van der Waals surface area contributed by atoms with Crippen molar-refractivity contribution in [3.8, 4) is 11.5 Å².